The Morgan fingerprint density at radius 2 is 1.71 bits per heavy atom. The first-order valence-corrected chi connectivity index (χ1v) is 16.7. The normalized spacial score (nSPS) is 17.5. The van der Waals surface area contributed by atoms with Crippen molar-refractivity contribution in [3.8, 4) is 0 Å². The van der Waals surface area contributed by atoms with Crippen LogP contribution in [-0.4, -0.2) is 75.7 Å². The van der Waals surface area contributed by atoms with Crippen molar-refractivity contribution in [2.24, 2.45) is 0 Å². The predicted octanol–water partition coefficient (Wildman–Crippen LogP) is 4.35. The number of benzene rings is 1. The lowest BCUT2D eigenvalue weighted by atomic mass is 10.1. The van der Waals surface area contributed by atoms with Crippen LogP contribution < -0.4 is 5.19 Å². The smallest absolute Gasteiger partial charge is 0.335 e. The zero-order valence-electron chi connectivity index (χ0n) is 21.6. The number of ether oxygens (including phenoxy) is 4. The molecule has 0 aromatic heterocycles. The van der Waals surface area contributed by atoms with E-state index in [0.29, 0.717) is 12.0 Å². The van der Waals surface area contributed by atoms with Crippen LogP contribution in [-0.2, 0) is 28.5 Å². The molecule has 6 nitrogen and oxygen atoms in total. The second-order valence-corrected chi connectivity index (χ2v) is 16.3. The Balaban J connectivity index is 2.39. The molecule has 194 valence electrons. The first kappa shape index (κ1) is 29.9. The van der Waals surface area contributed by atoms with Crippen molar-refractivity contribution in [3.05, 3.63) is 53.8 Å². The molecule has 0 spiro atoms. The zero-order chi connectivity index (χ0) is 25.9. The summed E-state index contributed by atoms with van der Waals surface area (Å²) in [6, 6.07) is 10.2. The van der Waals surface area contributed by atoms with Crippen LogP contribution in [0.1, 0.15) is 19.8 Å². The first-order chi connectivity index (χ1) is 16.7. The number of thioether (sulfide) groups is 2. The summed E-state index contributed by atoms with van der Waals surface area (Å²) in [7, 11) is 2.54. The van der Waals surface area contributed by atoms with E-state index in [2.05, 4.69) is 25.2 Å². The quantitative estimate of drug-likeness (QED) is 0.159. The van der Waals surface area contributed by atoms with Gasteiger partial charge in [-0.3, -0.25) is 4.79 Å². The molecular formula is C26H38O6S2Si. The molecule has 1 aliphatic heterocycles. The SMILES string of the molecule is COC(=O)/C(=C/[Si](C)(C)c1ccccc1)COC(/C=C/C(C)=O)C1(CC(OC)OC)SCCCS1. The van der Waals surface area contributed by atoms with E-state index in [1.165, 1.54) is 19.2 Å². The summed E-state index contributed by atoms with van der Waals surface area (Å²) in [4.78, 5) is 24.6. The lowest BCUT2D eigenvalue weighted by Gasteiger charge is -2.42. The third-order valence-electron chi connectivity index (χ3n) is 5.82. The molecule has 1 aliphatic rings. The molecule has 1 aromatic carbocycles. The van der Waals surface area contributed by atoms with Gasteiger partial charge in [0.25, 0.3) is 0 Å². The monoisotopic (exact) mass is 538 g/mol. The molecule has 0 radical (unpaired) electrons. The average Bonchev–Trinajstić information content (AvgIpc) is 2.86. The number of allylic oxidation sites excluding steroid dienone is 1. The van der Waals surface area contributed by atoms with Crippen LogP contribution in [0.3, 0.4) is 0 Å². The Morgan fingerprint density at radius 3 is 2.26 bits per heavy atom. The summed E-state index contributed by atoms with van der Waals surface area (Å²) in [5.41, 5.74) is 2.53. The molecule has 1 heterocycles. The number of carbonyl (C=O) groups is 2. The summed E-state index contributed by atoms with van der Waals surface area (Å²) in [6.07, 6.45) is 4.17. The molecule has 35 heavy (non-hydrogen) atoms. The number of methoxy groups -OCH3 is 3. The van der Waals surface area contributed by atoms with Crippen LogP contribution in [0.2, 0.25) is 13.1 Å². The van der Waals surface area contributed by atoms with Gasteiger partial charge in [0.05, 0.1) is 23.4 Å². The third-order valence-corrected chi connectivity index (χ3v) is 12.2. The zero-order valence-corrected chi connectivity index (χ0v) is 24.2. The van der Waals surface area contributed by atoms with Gasteiger partial charge in [-0.1, -0.05) is 60.4 Å². The van der Waals surface area contributed by atoms with Gasteiger partial charge < -0.3 is 18.9 Å². The van der Waals surface area contributed by atoms with Gasteiger partial charge in [0, 0.05) is 20.6 Å². The van der Waals surface area contributed by atoms with E-state index in [1.807, 2.05) is 30.0 Å². The molecule has 1 fully saturated rings. The largest absolute Gasteiger partial charge is 0.466 e. The fourth-order valence-corrected chi connectivity index (χ4v) is 9.60. The third kappa shape index (κ3) is 8.91. The maximum atomic E-state index is 12.8. The van der Waals surface area contributed by atoms with Crippen molar-refractivity contribution < 1.29 is 28.5 Å². The van der Waals surface area contributed by atoms with E-state index in [0.717, 1.165) is 17.9 Å². The second-order valence-electron chi connectivity index (χ2n) is 8.92. The first-order valence-electron chi connectivity index (χ1n) is 11.7. The summed E-state index contributed by atoms with van der Waals surface area (Å²) in [5, 5.41) is 1.22. The number of carbonyl (C=O) groups excluding carboxylic acids is 2. The molecule has 9 heteroatoms. The van der Waals surface area contributed by atoms with Crippen molar-refractivity contribution in [2.45, 2.75) is 49.3 Å². The topological polar surface area (TPSA) is 71.1 Å². The minimum Gasteiger partial charge on any atom is -0.466 e. The van der Waals surface area contributed by atoms with Crippen LogP contribution in [0.25, 0.3) is 0 Å². The van der Waals surface area contributed by atoms with Gasteiger partial charge in [-0.2, -0.15) is 0 Å². The van der Waals surface area contributed by atoms with Crippen LogP contribution >= 0.6 is 23.5 Å². The minimum atomic E-state index is -2.09. The van der Waals surface area contributed by atoms with E-state index < -0.39 is 30.5 Å². The fraction of sp³-hybridized carbons (Fsp3) is 0.538. The Bertz CT molecular complexity index is 877. The molecule has 1 aromatic rings. The average molecular weight is 539 g/mol. The highest BCUT2D eigenvalue weighted by Gasteiger charge is 2.44. The maximum Gasteiger partial charge on any atom is 0.335 e. The van der Waals surface area contributed by atoms with Crippen molar-refractivity contribution in [3.63, 3.8) is 0 Å². The van der Waals surface area contributed by atoms with E-state index in [-0.39, 0.29) is 12.4 Å². The summed E-state index contributed by atoms with van der Waals surface area (Å²) >= 11 is 3.59. The molecule has 1 atom stereocenters. The van der Waals surface area contributed by atoms with Gasteiger partial charge in [-0.25, -0.2) is 4.79 Å². The fourth-order valence-electron chi connectivity index (χ4n) is 3.89. The van der Waals surface area contributed by atoms with Crippen molar-refractivity contribution in [1.29, 1.82) is 0 Å². The molecule has 0 bridgehead atoms. The minimum absolute atomic E-state index is 0.0593. The van der Waals surface area contributed by atoms with E-state index in [9.17, 15) is 9.59 Å². The van der Waals surface area contributed by atoms with Crippen LogP contribution in [0, 0.1) is 0 Å². The van der Waals surface area contributed by atoms with Crippen LogP contribution in [0.4, 0.5) is 0 Å². The van der Waals surface area contributed by atoms with Crippen molar-refractivity contribution in [2.75, 3.05) is 39.4 Å². The molecule has 1 unspecified atom stereocenters. The summed E-state index contributed by atoms with van der Waals surface area (Å²) in [6.45, 7) is 5.97. The van der Waals surface area contributed by atoms with Gasteiger partial charge in [-0.15, -0.1) is 23.5 Å². The second kappa shape index (κ2) is 14.4. The number of ketones is 1. The summed E-state index contributed by atoms with van der Waals surface area (Å²) < 4.78 is 22.2. The molecular weight excluding hydrogens is 501 g/mol. The van der Waals surface area contributed by atoms with E-state index >= 15 is 0 Å². The van der Waals surface area contributed by atoms with E-state index in [1.54, 1.807) is 43.8 Å². The Kier molecular flexibility index (Phi) is 12.3. The lowest BCUT2D eigenvalue weighted by Crippen LogP contribution is -2.44. The van der Waals surface area contributed by atoms with Gasteiger partial charge in [0.1, 0.15) is 14.2 Å². The number of esters is 1. The summed E-state index contributed by atoms with van der Waals surface area (Å²) in [5.74, 6) is 1.47. The van der Waals surface area contributed by atoms with Gasteiger partial charge >= 0.3 is 5.97 Å². The highest BCUT2D eigenvalue weighted by molar-refractivity contribution is 8.18. The van der Waals surface area contributed by atoms with Gasteiger partial charge in [0.15, 0.2) is 12.1 Å². The molecule has 0 aliphatic carbocycles. The standard InChI is InChI=1S/C26H38O6S2Si/c1-20(27)13-14-23(26(17-24(29-2)30-3)33-15-10-16-34-26)32-18-21(25(28)31-4)19-35(5,6)22-11-8-7-9-12-22/h7-9,11-14,19,23-24H,10,15-18H2,1-6H3/b14-13+,21-19+. The maximum absolute atomic E-state index is 12.8. The van der Waals surface area contributed by atoms with Crippen molar-refractivity contribution >= 4 is 48.5 Å². The van der Waals surface area contributed by atoms with Crippen LogP contribution in [0.5, 0.6) is 0 Å². The Morgan fingerprint density at radius 1 is 1.09 bits per heavy atom. The predicted molar refractivity (Wildman–Crippen MR) is 148 cm³/mol. The number of hydrogen-bond acceptors (Lipinski definition) is 8. The molecule has 0 saturated carbocycles. The molecule has 1 saturated heterocycles. The highest BCUT2D eigenvalue weighted by Crippen LogP contribution is 2.50. The molecule has 0 N–H and O–H groups in total. The van der Waals surface area contributed by atoms with E-state index in [4.69, 9.17) is 18.9 Å². The lowest BCUT2D eigenvalue weighted by molar-refractivity contribution is -0.137. The Hall–Kier alpha value is -1.36. The van der Waals surface area contributed by atoms with Crippen molar-refractivity contribution in [1.82, 2.24) is 0 Å². The van der Waals surface area contributed by atoms with Crippen LogP contribution in [0.15, 0.2) is 53.8 Å². The number of rotatable bonds is 13. The Labute approximate surface area is 219 Å². The van der Waals surface area contributed by atoms with Gasteiger partial charge in [0.2, 0.25) is 0 Å². The number of hydrogen-bond donors (Lipinski definition) is 0. The molecule has 2 rings (SSSR count). The van der Waals surface area contributed by atoms with Gasteiger partial charge in [-0.05, 0) is 30.9 Å². The molecule has 0 amide bonds. The highest BCUT2D eigenvalue weighted by atomic mass is 32.2.